The number of carbonyl (C=O) groups excluding carboxylic acids is 3. The number of nitrogens with zero attached hydrogens (tertiary/aromatic N) is 2. The number of ketones is 1. The van der Waals surface area contributed by atoms with Gasteiger partial charge in [0, 0.05) is 16.6 Å². The number of aromatic nitrogens is 2. The largest absolute Gasteiger partial charge is 0.437 e. The molecule has 0 bridgehead atoms. The Labute approximate surface area is 216 Å². The van der Waals surface area contributed by atoms with Crippen molar-refractivity contribution in [1.82, 2.24) is 20.4 Å². The molecule has 1 fully saturated rings. The number of amides is 2. The molecule has 1 aliphatic carbocycles. The fourth-order valence-electron chi connectivity index (χ4n) is 4.47. The number of benzene rings is 1. The first-order valence-electron chi connectivity index (χ1n) is 12.5. The van der Waals surface area contributed by atoms with Crippen molar-refractivity contribution in [2.45, 2.75) is 78.4 Å². The Morgan fingerprint density at radius 1 is 1.08 bits per heavy atom. The molecule has 36 heavy (non-hydrogen) atoms. The Balaban J connectivity index is 1.74. The molecule has 0 saturated heterocycles. The SMILES string of the molecule is CC(C)CC(NC(=O)[C@@H]1CCCC[C@@H]1NC(=O)c1ccc(Cl)cc1)C(=O)c1nn(CC(C)C)c(=O)o1. The second kappa shape index (κ2) is 12.3. The van der Waals surface area contributed by atoms with Crippen molar-refractivity contribution in [3.63, 3.8) is 0 Å². The summed E-state index contributed by atoms with van der Waals surface area (Å²) in [6, 6.07) is 5.31. The Hall–Kier alpha value is -2.94. The first-order chi connectivity index (χ1) is 17.0. The Morgan fingerprint density at radius 3 is 2.39 bits per heavy atom. The van der Waals surface area contributed by atoms with Crippen LogP contribution in [0.3, 0.4) is 0 Å². The highest BCUT2D eigenvalue weighted by molar-refractivity contribution is 6.30. The monoisotopic (exact) mass is 518 g/mol. The van der Waals surface area contributed by atoms with Crippen molar-refractivity contribution in [3.8, 4) is 0 Å². The van der Waals surface area contributed by atoms with Crippen molar-refractivity contribution in [2.24, 2.45) is 17.8 Å². The minimum Gasteiger partial charge on any atom is -0.384 e. The van der Waals surface area contributed by atoms with Crippen molar-refractivity contribution in [2.75, 3.05) is 0 Å². The smallest absolute Gasteiger partial charge is 0.384 e. The van der Waals surface area contributed by atoms with Gasteiger partial charge in [-0.1, -0.05) is 52.1 Å². The minimum atomic E-state index is -0.891. The molecule has 1 aromatic heterocycles. The molecule has 3 atom stereocenters. The lowest BCUT2D eigenvalue weighted by Gasteiger charge is -2.32. The highest BCUT2D eigenvalue weighted by Gasteiger charge is 2.35. The van der Waals surface area contributed by atoms with E-state index >= 15 is 0 Å². The summed E-state index contributed by atoms with van der Waals surface area (Å²) in [5.41, 5.74) is 0.462. The van der Waals surface area contributed by atoms with Gasteiger partial charge in [-0.15, -0.1) is 5.10 Å². The molecule has 0 aliphatic heterocycles. The van der Waals surface area contributed by atoms with Crippen LogP contribution in [0, 0.1) is 17.8 Å². The van der Waals surface area contributed by atoms with Crippen LogP contribution in [0.1, 0.15) is 80.8 Å². The van der Waals surface area contributed by atoms with Crippen molar-refractivity contribution < 1.29 is 18.8 Å². The molecular weight excluding hydrogens is 484 g/mol. The average Bonchev–Trinajstić information content (AvgIpc) is 3.18. The van der Waals surface area contributed by atoms with Gasteiger partial charge < -0.3 is 15.1 Å². The summed E-state index contributed by atoms with van der Waals surface area (Å²) in [5, 5.41) is 10.5. The molecule has 196 valence electrons. The van der Waals surface area contributed by atoms with Crippen LogP contribution < -0.4 is 16.4 Å². The molecule has 0 radical (unpaired) electrons. The standard InChI is InChI=1S/C26H35ClN4O5/c1-15(2)13-21(22(32)25-30-31(14-16(3)4)26(35)36-25)29-24(34)19-7-5-6-8-20(19)28-23(33)17-9-11-18(27)12-10-17/h9-12,15-16,19-21H,5-8,13-14H2,1-4H3,(H,28,33)(H,29,34)/t19-,20+,21?/m1/s1. The van der Waals surface area contributed by atoms with Gasteiger partial charge in [0.1, 0.15) is 0 Å². The van der Waals surface area contributed by atoms with E-state index in [1.165, 1.54) is 0 Å². The average molecular weight is 519 g/mol. The summed E-state index contributed by atoms with van der Waals surface area (Å²) >= 11 is 5.92. The van der Waals surface area contributed by atoms with Gasteiger partial charge in [-0.2, -0.15) is 4.68 Å². The fourth-order valence-corrected chi connectivity index (χ4v) is 4.59. The molecule has 2 N–H and O–H groups in total. The first-order valence-corrected chi connectivity index (χ1v) is 12.9. The van der Waals surface area contributed by atoms with Gasteiger partial charge in [0.15, 0.2) is 0 Å². The highest BCUT2D eigenvalue weighted by atomic mass is 35.5. The van der Waals surface area contributed by atoms with Gasteiger partial charge in [-0.3, -0.25) is 14.4 Å². The summed E-state index contributed by atoms with van der Waals surface area (Å²) in [6.07, 6.45) is 3.36. The van der Waals surface area contributed by atoms with E-state index in [1.54, 1.807) is 24.3 Å². The van der Waals surface area contributed by atoms with E-state index in [0.717, 1.165) is 17.5 Å². The molecule has 1 heterocycles. The molecule has 0 spiro atoms. The number of hydrogen-bond donors (Lipinski definition) is 2. The molecule has 1 unspecified atom stereocenters. The van der Waals surface area contributed by atoms with Crippen LogP contribution in [-0.4, -0.2) is 39.5 Å². The molecule has 2 amide bonds. The molecule has 9 nitrogen and oxygen atoms in total. The van der Waals surface area contributed by atoms with Gasteiger partial charge in [0.05, 0.1) is 18.5 Å². The summed E-state index contributed by atoms with van der Waals surface area (Å²) in [5.74, 6) is -2.36. The molecule has 10 heteroatoms. The van der Waals surface area contributed by atoms with Crippen molar-refractivity contribution in [1.29, 1.82) is 0 Å². The van der Waals surface area contributed by atoms with Crippen LogP contribution in [0.5, 0.6) is 0 Å². The summed E-state index contributed by atoms with van der Waals surface area (Å²) in [7, 11) is 0. The van der Waals surface area contributed by atoms with Gasteiger partial charge in [0.2, 0.25) is 11.7 Å². The van der Waals surface area contributed by atoms with Gasteiger partial charge >= 0.3 is 5.76 Å². The number of rotatable bonds is 10. The van der Waals surface area contributed by atoms with E-state index in [2.05, 4.69) is 15.7 Å². The third kappa shape index (κ3) is 7.29. The quantitative estimate of drug-likeness (QED) is 0.460. The third-order valence-corrected chi connectivity index (χ3v) is 6.47. The predicted octanol–water partition coefficient (Wildman–Crippen LogP) is 3.85. The zero-order valence-corrected chi connectivity index (χ0v) is 22.0. The van der Waals surface area contributed by atoms with E-state index in [4.69, 9.17) is 16.0 Å². The van der Waals surface area contributed by atoms with Gasteiger partial charge in [-0.25, -0.2) is 4.79 Å². The van der Waals surface area contributed by atoms with Gasteiger partial charge in [-0.05, 0) is 55.4 Å². The number of Topliss-reactive ketones (excluding diaryl/α,β-unsaturated/α-hetero) is 1. The molecular formula is C26H35ClN4O5. The molecule has 1 saturated carbocycles. The lowest BCUT2D eigenvalue weighted by atomic mass is 9.83. The third-order valence-electron chi connectivity index (χ3n) is 6.22. The lowest BCUT2D eigenvalue weighted by molar-refractivity contribution is -0.127. The maximum absolute atomic E-state index is 13.4. The number of hydrogen-bond acceptors (Lipinski definition) is 6. The molecule has 1 aliphatic rings. The maximum atomic E-state index is 13.4. The van der Waals surface area contributed by atoms with Gasteiger partial charge in [0.25, 0.3) is 11.8 Å². The highest BCUT2D eigenvalue weighted by Crippen LogP contribution is 2.26. The van der Waals surface area contributed by atoms with Crippen LogP contribution in [0.15, 0.2) is 33.5 Å². The molecule has 2 aromatic rings. The van der Waals surface area contributed by atoms with E-state index < -0.39 is 23.5 Å². The van der Waals surface area contributed by atoms with Crippen molar-refractivity contribution >= 4 is 29.2 Å². The van der Waals surface area contributed by atoms with Crippen LogP contribution in [-0.2, 0) is 11.3 Å². The number of halogens is 1. The summed E-state index contributed by atoms with van der Waals surface area (Å²) in [4.78, 5) is 51.5. The zero-order valence-electron chi connectivity index (χ0n) is 21.3. The Morgan fingerprint density at radius 2 is 1.75 bits per heavy atom. The fraction of sp³-hybridized carbons (Fsp3) is 0.577. The Kier molecular flexibility index (Phi) is 9.48. The normalized spacial score (nSPS) is 18.8. The minimum absolute atomic E-state index is 0.0930. The summed E-state index contributed by atoms with van der Waals surface area (Å²) < 4.78 is 6.26. The second-order valence-corrected chi connectivity index (χ2v) is 10.7. The second-order valence-electron chi connectivity index (χ2n) is 10.3. The number of carbonyl (C=O) groups is 3. The van der Waals surface area contributed by atoms with Crippen molar-refractivity contribution in [3.05, 3.63) is 51.3 Å². The maximum Gasteiger partial charge on any atom is 0.437 e. The van der Waals surface area contributed by atoms with Crippen LogP contribution in [0.25, 0.3) is 0 Å². The zero-order chi connectivity index (χ0) is 26.4. The first kappa shape index (κ1) is 27.6. The van der Waals surface area contributed by atoms with Crippen LogP contribution >= 0.6 is 11.6 Å². The topological polar surface area (TPSA) is 123 Å². The molecule has 1 aromatic carbocycles. The number of nitrogens with one attached hydrogen (secondary N) is 2. The van der Waals surface area contributed by atoms with E-state index in [9.17, 15) is 19.2 Å². The van der Waals surface area contributed by atoms with Crippen LogP contribution in [0.4, 0.5) is 0 Å². The molecule has 3 rings (SSSR count). The van der Waals surface area contributed by atoms with E-state index in [-0.39, 0.29) is 35.6 Å². The van der Waals surface area contributed by atoms with E-state index in [0.29, 0.717) is 36.4 Å². The predicted molar refractivity (Wildman–Crippen MR) is 136 cm³/mol. The van der Waals surface area contributed by atoms with Crippen LogP contribution in [0.2, 0.25) is 5.02 Å². The summed E-state index contributed by atoms with van der Waals surface area (Å²) in [6.45, 7) is 8.06. The Bertz CT molecular complexity index is 1120. The lowest BCUT2D eigenvalue weighted by Crippen LogP contribution is -2.52. The van der Waals surface area contributed by atoms with E-state index in [1.807, 2.05) is 27.7 Å².